The molecule has 29 heavy (non-hydrogen) atoms. The van der Waals surface area contributed by atoms with Gasteiger partial charge in [-0.2, -0.15) is 0 Å². The van der Waals surface area contributed by atoms with E-state index in [1.807, 2.05) is 37.3 Å². The molecule has 0 spiro atoms. The Labute approximate surface area is 167 Å². The van der Waals surface area contributed by atoms with E-state index in [0.29, 0.717) is 12.3 Å². The molecule has 148 valence electrons. The summed E-state index contributed by atoms with van der Waals surface area (Å²) in [6.45, 7) is 2.71. The number of hydrogen-bond acceptors (Lipinski definition) is 5. The van der Waals surface area contributed by atoms with Crippen molar-refractivity contribution in [3.05, 3.63) is 70.7 Å². The minimum absolute atomic E-state index is 0.143. The monoisotopic (exact) mass is 390 g/mol. The number of hydrogen-bond donors (Lipinski definition) is 1. The van der Waals surface area contributed by atoms with Crippen molar-refractivity contribution in [2.45, 2.75) is 38.6 Å². The molecule has 7 heteroatoms. The van der Waals surface area contributed by atoms with E-state index in [9.17, 15) is 9.90 Å². The Morgan fingerprint density at radius 1 is 1.21 bits per heavy atom. The Balaban J connectivity index is 1.70. The van der Waals surface area contributed by atoms with Gasteiger partial charge in [-0.05, 0) is 31.2 Å². The maximum absolute atomic E-state index is 13.5. The van der Waals surface area contributed by atoms with Crippen molar-refractivity contribution in [2.24, 2.45) is 0 Å². The van der Waals surface area contributed by atoms with Crippen molar-refractivity contribution in [3.8, 4) is 0 Å². The normalized spacial score (nSPS) is 19.4. The summed E-state index contributed by atoms with van der Waals surface area (Å²) in [5, 5.41) is 11.9. The van der Waals surface area contributed by atoms with Gasteiger partial charge in [0.05, 0.1) is 36.1 Å². The van der Waals surface area contributed by atoms with E-state index in [4.69, 9.17) is 4.74 Å². The lowest BCUT2D eigenvalue weighted by Crippen LogP contribution is -2.39. The van der Waals surface area contributed by atoms with Crippen molar-refractivity contribution in [1.82, 2.24) is 19.1 Å². The first-order valence-corrected chi connectivity index (χ1v) is 9.78. The van der Waals surface area contributed by atoms with Crippen LogP contribution in [0.5, 0.6) is 0 Å². The van der Waals surface area contributed by atoms with Crippen molar-refractivity contribution in [1.29, 1.82) is 0 Å². The number of aliphatic hydroxyl groups excluding tert-OH is 1. The molecule has 1 atom stereocenters. The molecule has 1 saturated heterocycles. The van der Waals surface area contributed by atoms with E-state index >= 15 is 0 Å². The Hall–Kier alpha value is -3.03. The third-order valence-corrected chi connectivity index (χ3v) is 5.86. The lowest BCUT2D eigenvalue weighted by atomic mass is 10.0. The van der Waals surface area contributed by atoms with Crippen LogP contribution in [0.25, 0.3) is 21.8 Å². The highest BCUT2D eigenvalue weighted by molar-refractivity contribution is 5.85. The zero-order valence-corrected chi connectivity index (χ0v) is 16.2. The highest BCUT2D eigenvalue weighted by Crippen LogP contribution is 2.32. The molecule has 1 aromatic carbocycles. The molecule has 1 N–H and O–H groups in total. The molecule has 1 aliphatic heterocycles. The predicted molar refractivity (Wildman–Crippen MR) is 110 cm³/mol. The average molecular weight is 390 g/mol. The van der Waals surface area contributed by atoms with Crippen molar-refractivity contribution >= 4 is 21.8 Å². The van der Waals surface area contributed by atoms with Crippen LogP contribution in [0, 0.1) is 0 Å². The molecule has 1 fully saturated rings. The van der Waals surface area contributed by atoms with Crippen molar-refractivity contribution < 1.29 is 9.84 Å². The fraction of sp³-hybridized carbons (Fsp3) is 0.318. The summed E-state index contributed by atoms with van der Waals surface area (Å²) in [7, 11) is 0. The number of nitrogens with zero attached hydrogens (tertiary/aromatic N) is 4. The fourth-order valence-electron chi connectivity index (χ4n) is 4.38. The zero-order valence-electron chi connectivity index (χ0n) is 16.2. The third-order valence-electron chi connectivity index (χ3n) is 5.86. The first kappa shape index (κ1) is 18.0. The Kier molecular flexibility index (Phi) is 4.22. The standard InChI is InChI=1S/C22H22N4O3/c1-22(8-4-10-29-22)26-19-7-9-23-12-20(19)25(21(26)28)13-18-17(14-27)16-6-3-2-5-15(16)11-24-18/h2-3,5-7,9,11-12,27H,4,8,10,13-14H2,1H3/t22-/m0/s1. The SMILES string of the molecule is C[C@@]1(n2c(=O)n(Cc3ncc4ccccc4c3CO)c3cnccc32)CCCO1. The molecular weight excluding hydrogens is 368 g/mol. The van der Waals surface area contributed by atoms with Crippen LogP contribution in [-0.4, -0.2) is 30.8 Å². The Morgan fingerprint density at radius 3 is 2.86 bits per heavy atom. The number of benzene rings is 1. The Bertz CT molecular complexity index is 1270. The summed E-state index contributed by atoms with van der Waals surface area (Å²) in [5.74, 6) is 0. The van der Waals surface area contributed by atoms with Gasteiger partial charge in [-0.3, -0.25) is 19.1 Å². The summed E-state index contributed by atoms with van der Waals surface area (Å²) in [4.78, 5) is 22.3. The number of aliphatic hydroxyl groups is 1. The van der Waals surface area contributed by atoms with E-state index in [2.05, 4.69) is 9.97 Å². The van der Waals surface area contributed by atoms with Gasteiger partial charge in [0, 0.05) is 30.0 Å². The molecule has 0 amide bonds. The van der Waals surface area contributed by atoms with Gasteiger partial charge in [0.25, 0.3) is 0 Å². The summed E-state index contributed by atoms with van der Waals surface area (Å²) >= 11 is 0. The van der Waals surface area contributed by atoms with Crippen molar-refractivity contribution in [3.63, 3.8) is 0 Å². The first-order chi connectivity index (χ1) is 14.1. The largest absolute Gasteiger partial charge is 0.392 e. The molecule has 5 rings (SSSR count). The smallest absolute Gasteiger partial charge is 0.331 e. The quantitative estimate of drug-likeness (QED) is 0.579. The van der Waals surface area contributed by atoms with Gasteiger partial charge in [0.15, 0.2) is 0 Å². The van der Waals surface area contributed by atoms with Gasteiger partial charge in [-0.25, -0.2) is 4.79 Å². The molecule has 0 aliphatic carbocycles. The highest BCUT2D eigenvalue weighted by Gasteiger charge is 2.35. The number of rotatable bonds is 4. The molecule has 4 heterocycles. The third kappa shape index (κ3) is 2.77. The summed E-state index contributed by atoms with van der Waals surface area (Å²) < 4.78 is 9.36. The Morgan fingerprint density at radius 2 is 2.07 bits per heavy atom. The van der Waals surface area contributed by atoms with E-state index in [1.165, 1.54) is 0 Å². The van der Waals surface area contributed by atoms with Gasteiger partial charge in [0.2, 0.25) is 0 Å². The molecule has 1 aliphatic rings. The van der Waals surface area contributed by atoms with Gasteiger partial charge in [-0.1, -0.05) is 24.3 Å². The van der Waals surface area contributed by atoms with Gasteiger partial charge >= 0.3 is 5.69 Å². The minimum atomic E-state index is -0.668. The van der Waals surface area contributed by atoms with Gasteiger partial charge in [-0.15, -0.1) is 0 Å². The van der Waals surface area contributed by atoms with E-state index < -0.39 is 5.72 Å². The molecular formula is C22H22N4O3. The lowest BCUT2D eigenvalue weighted by molar-refractivity contribution is -0.0455. The molecule has 7 nitrogen and oxygen atoms in total. The molecule has 0 saturated carbocycles. The maximum Gasteiger partial charge on any atom is 0.331 e. The number of fused-ring (bicyclic) bond motifs is 2. The minimum Gasteiger partial charge on any atom is -0.392 e. The number of ether oxygens (including phenoxy) is 1. The van der Waals surface area contributed by atoms with Crippen LogP contribution in [0.15, 0.2) is 53.7 Å². The average Bonchev–Trinajstić information content (AvgIpc) is 3.30. The topological polar surface area (TPSA) is 82.2 Å². The number of aromatic nitrogens is 4. The van der Waals surface area contributed by atoms with Crippen LogP contribution in [0.1, 0.15) is 31.0 Å². The fourth-order valence-corrected chi connectivity index (χ4v) is 4.38. The second kappa shape index (κ2) is 6.79. The van der Waals surface area contributed by atoms with Gasteiger partial charge < -0.3 is 9.84 Å². The molecule has 4 aromatic rings. The second-order valence-electron chi connectivity index (χ2n) is 7.62. The van der Waals surface area contributed by atoms with Crippen LogP contribution in [0.2, 0.25) is 0 Å². The number of imidazole rings is 1. The van der Waals surface area contributed by atoms with Gasteiger partial charge in [0.1, 0.15) is 5.72 Å². The predicted octanol–water partition coefficient (Wildman–Crippen LogP) is 2.77. The first-order valence-electron chi connectivity index (χ1n) is 9.78. The zero-order chi connectivity index (χ0) is 20.0. The van der Waals surface area contributed by atoms with Crippen LogP contribution >= 0.6 is 0 Å². The van der Waals surface area contributed by atoms with Crippen molar-refractivity contribution in [2.75, 3.05) is 6.61 Å². The number of pyridine rings is 2. The molecule has 0 unspecified atom stereocenters. The van der Waals surface area contributed by atoms with Crippen LogP contribution in [0.3, 0.4) is 0 Å². The summed E-state index contributed by atoms with van der Waals surface area (Å²) in [5.41, 5.74) is 2.11. The maximum atomic E-state index is 13.5. The molecule has 0 bridgehead atoms. The van der Waals surface area contributed by atoms with E-state index in [1.54, 1.807) is 27.7 Å². The van der Waals surface area contributed by atoms with E-state index in [-0.39, 0.29) is 18.8 Å². The molecule has 3 aromatic heterocycles. The van der Waals surface area contributed by atoms with Crippen LogP contribution in [0.4, 0.5) is 0 Å². The summed E-state index contributed by atoms with van der Waals surface area (Å²) in [6.07, 6.45) is 6.87. The molecule has 0 radical (unpaired) electrons. The summed E-state index contributed by atoms with van der Waals surface area (Å²) in [6, 6.07) is 9.65. The van der Waals surface area contributed by atoms with E-state index in [0.717, 1.165) is 40.2 Å². The van der Waals surface area contributed by atoms with Crippen LogP contribution in [-0.2, 0) is 23.6 Å². The van der Waals surface area contributed by atoms with Crippen LogP contribution < -0.4 is 5.69 Å². The lowest BCUT2D eigenvalue weighted by Gasteiger charge is -2.24. The highest BCUT2D eigenvalue weighted by atomic mass is 16.5. The second-order valence-corrected chi connectivity index (χ2v) is 7.62.